The van der Waals surface area contributed by atoms with Crippen molar-refractivity contribution >= 4 is 72.7 Å². The van der Waals surface area contributed by atoms with Crippen molar-refractivity contribution in [1.29, 1.82) is 5.26 Å². The Morgan fingerprint density at radius 3 is 2.50 bits per heavy atom. The third-order valence-electron chi connectivity index (χ3n) is 4.58. The van der Waals surface area contributed by atoms with Gasteiger partial charge in [0, 0.05) is 26.6 Å². The van der Waals surface area contributed by atoms with Crippen LogP contribution in [0.3, 0.4) is 0 Å². The molecule has 0 aromatic heterocycles. The summed E-state index contributed by atoms with van der Waals surface area (Å²) in [5.41, 5.74) is 3.07. The summed E-state index contributed by atoms with van der Waals surface area (Å²) in [5, 5.41) is 12.9. The number of benzene rings is 3. The van der Waals surface area contributed by atoms with Crippen LogP contribution in [-0.4, -0.2) is 13.0 Å². The molecular formula is C24H16Br2Cl2N2O2. The summed E-state index contributed by atoms with van der Waals surface area (Å²) in [6.07, 6.45) is 2.14. The molecule has 0 saturated heterocycles. The number of methoxy groups -OCH3 is 1. The lowest BCUT2D eigenvalue weighted by Crippen LogP contribution is -2.13. The lowest BCUT2D eigenvalue weighted by atomic mass is 10.0. The molecule has 0 fully saturated rings. The quantitative estimate of drug-likeness (QED) is 0.235. The molecule has 3 aromatic carbocycles. The minimum Gasteiger partial charge on any atom is -0.496 e. The second kappa shape index (κ2) is 11.0. The van der Waals surface area contributed by atoms with Gasteiger partial charge in [-0.15, -0.1) is 0 Å². The number of carbonyl (C=O) groups is 1. The zero-order valence-electron chi connectivity index (χ0n) is 16.8. The van der Waals surface area contributed by atoms with Crippen molar-refractivity contribution in [2.45, 2.75) is 6.42 Å². The van der Waals surface area contributed by atoms with Gasteiger partial charge >= 0.3 is 0 Å². The molecule has 3 rings (SSSR count). The van der Waals surface area contributed by atoms with E-state index >= 15 is 0 Å². The van der Waals surface area contributed by atoms with Crippen molar-refractivity contribution in [3.8, 4) is 11.8 Å². The minimum absolute atomic E-state index is 0.0661. The molecule has 4 nitrogen and oxygen atoms in total. The molecule has 0 aliphatic carbocycles. The van der Waals surface area contributed by atoms with Crippen molar-refractivity contribution in [3.05, 3.63) is 95.9 Å². The first kappa shape index (κ1) is 24.3. The number of anilines is 1. The molecule has 1 N–H and O–H groups in total. The summed E-state index contributed by atoms with van der Waals surface area (Å²) in [4.78, 5) is 12.6. The van der Waals surface area contributed by atoms with E-state index in [1.54, 1.807) is 25.3 Å². The summed E-state index contributed by atoms with van der Waals surface area (Å²) in [5.74, 6) is 0.0850. The topological polar surface area (TPSA) is 62.1 Å². The Labute approximate surface area is 213 Å². The van der Waals surface area contributed by atoms with Gasteiger partial charge in [0.05, 0.1) is 17.2 Å². The molecule has 0 aliphatic rings. The fourth-order valence-corrected chi connectivity index (χ4v) is 4.31. The van der Waals surface area contributed by atoms with E-state index in [2.05, 4.69) is 37.2 Å². The van der Waals surface area contributed by atoms with E-state index in [4.69, 9.17) is 27.9 Å². The third-order valence-corrected chi connectivity index (χ3v) is 6.80. The monoisotopic (exact) mass is 592 g/mol. The predicted molar refractivity (Wildman–Crippen MR) is 136 cm³/mol. The van der Waals surface area contributed by atoms with E-state index in [1.807, 2.05) is 36.4 Å². The maximum absolute atomic E-state index is 12.6. The van der Waals surface area contributed by atoms with E-state index in [-0.39, 0.29) is 5.57 Å². The normalized spacial score (nSPS) is 11.1. The highest BCUT2D eigenvalue weighted by Gasteiger charge is 2.15. The number of hydrogen-bond acceptors (Lipinski definition) is 3. The van der Waals surface area contributed by atoms with Crippen LogP contribution in [-0.2, 0) is 11.2 Å². The summed E-state index contributed by atoms with van der Waals surface area (Å²) in [7, 11) is 1.58. The van der Waals surface area contributed by atoms with E-state index in [0.29, 0.717) is 33.5 Å². The van der Waals surface area contributed by atoms with Gasteiger partial charge in [-0.25, -0.2) is 0 Å². The molecule has 0 spiro atoms. The molecule has 0 radical (unpaired) electrons. The predicted octanol–water partition coefficient (Wildman–Crippen LogP) is 7.66. The first-order chi connectivity index (χ1) is 15.3. The zero-order chi connectivity index (χ0) is 23.3. The Balaban J connectivity index is 1.89. The van der Waals surface area contributed by atoms with Crippen molar-refractivity contribution < 1.29 is 9.53 Å². The molecule has 0 aliphatic heterocycles. The van der Waals surface area contributed by atoms with Crippen molar-refractivity contribution in [3.63, 3.8) is 0 Å². The Bertz CT molecular complexity index is 1250. The number of nitrogens with zero attached hydrogens (tertiary/aromatic N) is 1. The van der Waals surface area contributed by atoms with E-state index < -0.39 is 5.91 Å². The number of ether oxygens (including phenoxy) is 1. The highest BCUT2D eigenvalue weighted by molar-refractivity contribution is 9.10. The van der Waals surface area contributed by atoms with Gasteiger partial charge in [-0.3, -0.25) is 4.79 Å². The van der Waals surface area contributed by atoms with Crippen LogP contribution >= 0.6 is 55.1 Å². The van der Waals surface area contributed by atoms with Crippen LogP contribution in [0.1, 0.15) is 16.7 Å². The zero-order valence-corrected chi connectivity index (χ0v) is 21.4. The number of amides is 1. The van der Waals surface area contributed by atoms with Crippen LogP contribution in [0, 0.1) is 11.3 Å². The number of hydrogen-bond donors (Lipinski definition) is 1. The van der Waals surface area contributed by atoms with Gasteiger partial charge in [-0.2, -0.15) is 5.26 Å². The highest BCUT2D eigenvalue weighted by Crippen LogP contribution is 2.33. The average Bonchev–Trinajstić information content (AvgIpc) is 2.77. The molecule has 0 bridgehead atoms. The Hall–Kier alpha value is -2.30. The molecule has 1 amide bonds. The van der Waals surface area contributed by atoms with Crippen LogP contribution in [0.2, 0.25) is 10.0 Å². The van der Waals surface area contributed by atoms with E-state index in [1.165, 1.54) is 12.1 Å². The molecule has 0 saturated carbocycles. The second-order valence-electron chi connectivity index (χ2n) is 6.70. The number of nitrogens with one attached hydrogen (secondary N) is 1. The molecule has 0 atom stereocenters. The molecule has 3 aromatic rings. The second-order valence-corrected chi connectivity index (χ2v) is 9.23. The standard InChI is InChI=1S/C24H16Br2Cl2N2O2/c1-32-23-10-14(9-20(26)18(23)11-15-4-2-3-5-19(15)25)8-16(13-29)24(31)30-17-6-7-21(27)22(28)12-17/h2-10,12H,11H2,1H3,(H,30,31)/b16-8+. The highest BCUT2D eigenvalue weighted by atomic mass is 79.9. The summed E-state index contributed by atoms with van der Waals surface area (Å²) < 4.78 is 7.40. The summed E-state index contributed by atoms with van der Waals surface area (Å²) in [6, 6.07) is 18.2. The molecular weight excluding hydrogens is 579 g/mol. The first-order valence-electron chi connectivity index (χ1n) is 9.30. The molecule has 0 heterocycles. The van der Waals surface area contributed by atoms with Gasteiger partial charge in [0.15, 0.2) is 0 Å². The van der Waals surface area contributed by atoms with Crippen molar-refractivity contribution in [1.82, 2.24) is 0 Å². The molecule has 0 unspecified atom stereocenters. The Morgan fingerprint density at radius 2 is 1.84 bits per heavy atom. The average molecular weight is 595 g/mol. The summed E-state index contributed by atoms with van der Waals surface area (Å²) >= 11 is 19.1. The minimum atomic E-state index is -0.557. The summed E-state index contributed by atoms with van der Waals surface area (Å²) in [6.45, 7) is 0. The van der Waals surface area contributed by atoms with Gasteiger partial charge in [0.2, 0.25) is 0 Å². The van der Waals surface area contributed by atoms with Gasteiger partial charge in [0.1, 0.15) is 17.4 Å². The SMILES string of the molecule is COc1cc(/C=C(\C#N)C(=O)Nc2ccc(Cl)c(Cl)c2)cc(Br)c1Cc1ccccc1Br. The number of carbonyl (C=O) groups excluding carboxylic acids is 1. The molecule has 162 valence electrons. The fourth-order valence-electron chi connectivity index (χ4n) is 2.99. The van der Waals surface area contributed by atoms with Crippen molar-refractivity contribution in [2.75, 3.05) is 12.4 Å². The Morgan fingerprint density at radius 1 is 1.09 bits per heavy atom. The van der Waals surface area contributed by atoms with Crippen LogP contribution in [0.5, 0.6) is 5.75 Å². The number of halogens is 4. The van der Waals surface area contributed by atoms with Crippen LogP contribution in [0.4, 0.5) is 5.69 Å². The fraction of sp³-hybridized carbons (Fsp3) is 0.0833. The molecule has 8 heteroatoms. The maximum Gasteiger partial charge on any atom is 0.266 e. The van der Waals surface area contributed by atoms with E-state index in [9.17, 15) is 10.1 Å². The smallest absolute Gasteiger partial charge is 0.266 e. The Kier molecular flexibility index (Phi) is 8.38. The van der Waals surface area contributed by atoms with E-state index in [0.717, 1.165) is 20.1 Å². The largest absolute Gasteiger partial charge is 0.496 e. The van der Waals surface area contributed by atoms with Gasteiger partial charge in [-0.1, -0.05) is 73.3 Å². The van der Waals surface area contributed by atoms with Crippen molar-refractivity contribution in [2.24, 2.45) is 0 Å². The third kappa shape index (κ3) is 5.93. The van der Waals surface area contributed by atoms with Gasteiger partial charge in [-0.05, 0) is 53.6 Å². The lowest BCUT2D eigenvalue weighted by Gasteiger charge is -2.13. The lowest BCUT2D eigenvalue weighted by molar-refractivity contribution is -0.112. The van der Waals surface area contributed by atoms with Crippen LogP contribution < -0.4 is 10.1 Å². The number of nitriles is 1. The maximum atomic E-state index is 12.6. The first-order valence-corrected chi connectivity index (χ1v) is 11.6. The number of rotatable bonds is 6. The van der Waals surface area contributed by atoms with Gasteiger partial charge < -0.3 is 10.1 Å². The van der Waals surface area contributed by atoms with Gasteiger partial charge in [0.25, 0.3) is 5.91 Å². The molecule has 32 heavy (non-hydrogen) atoms. The van der Waals surface area contributed by atoms with Crippen LogP contribution in [0.15, 0.2) is 69.1 Å². The van der Waals surface area contributed by atoms with Crippen LogP contribution in [0.25, 0.3) is 6.08 Å².